The maximum atomic E-state index is 12.9. The largest absolute Gasteiger partial charge is 0.495 e. The summed E-state index contributed by atoms with van der Waals surface area (Å²) in [7, 11) is -2.54. The normalized spacial score (nSPS) is 11.6. The van der Waals surface area contributed by atoms with E-state index >= 15 is 0 Å². The van der Waals surface area contributed by atoms with Crippen LogP contribution in [0.4, 0.5) is 5.69 Å². The number of nitrogens with one attached hydrogen (secondary N) is 1. The van der Waals surface area contributed by atoms with Crippen LogP contribution in [0.1, 0.15) is 19.2 Å². The number of hydrogen-bond donors (Lipinski definition) is 1. The third kappa shape index (κ3) is 4.52. The van der Waals surface area contributed by atoms with E-state index in [0.29, 0.717) is 23.0 Å². The van der Waals surface area contributed by atoms with Gasteiger partial charge in [0, 0.05) is 17.1 Å². The van der Waals surface area contributed by atoms with Gasteiger partial charge in [0.25, 0.3) is 15.9 Å². The second kappa shape index (κ2) is 9.63. The van der Waals surface area contributed by atoms with E-state index in [2.05, 4.69) is 26.8 Å². The molecule has 2 aromatic heterocycles. The van der Waals surface area contributed by atoms with Gasteiger partial charge in [0.1, 0.15) is 22.2 Å². The summed E-state index contributed by atoms with van der Waals surface area (Å²) in [6.07, 6.45) is 1.69. The molecule has 0 aliphatic carbocycles. The van der Waals surface area contributed by atoms with Crippen LogP contribution >= 0.6 is 11.6 Å². The zero-order valence-electron chi connectivity index (χ0n) is 19.5. The van der Waals surface area contributed by atoms with E-state index in [1.807, 2.05) is 28.7 Å². The fraction of sp³-hybridized carbons (Fsp3) is 0.160. The molecule has 36 heavy (non-hydrogen) atoms. The fourth-order valence-corrected chi connectivity index (χ4v) is 5.33. The van der Waals surface area contributed by atoms with Crippen molar-refractivity contribution in [3.63, 3.8) is 0 Å². The highest BCUT2D eigenvalue weighted by Crippen LogP contribution is 2.31. The van der Waals surface area contributed by atoms with Gasteiger partial charge in [-0.15, -0.1) is 10.2 Å². The van der Waals surface area contributed by atoms with Crippen molar-refractivity contribution in [2.75, 3.05) is 11.8 Å². The first-order valence-corrected chi connectivity index (χ1v) is 13.0. The lowest BCUT2D eigenvalue weighted by molar-refractivity contribution is 0.403. The predicted octanol–water partition coefficient (Wildman–Crippen LogP) is 5.49. The van der Waals surface area contributed by atoms with Crippen molar-refractivity contribution < 1.29 is 17.9 Å². The van der Waals surface area contributed by atoms with Crippen molar-refractivity contribution in [1.82, 2.24) is 19.6 Å². The Kier molecular flexibility index (Phi) is 6.38. The number of fused-ring (bicyclic) bond motifs is 3. The van der Waals surface area contributed by atoms with Crippen LogP contribution in [-0.2, 0) is 16.4 Å². The Bertz CT molecular complexity index is 1670. The molecule has 0 bridgehead atoms. The summed E-state index contributed by atoms with van der Waals surface area (Å²) in [5.74, 6) is 1.79. The lowest BCUT2D eigenvalue weighted by Gasteiger charge is -2.13. The number of anilines is 1. The van der Waals surface area contributed by atoms with Crippen molar-refractivity contribution in [3.8, 4) is 17.4 Å². The van der Waals surface area contributed by atoms with E-state index < -0.39 is 10.0 Å². The number of halogens is 1. The zero-order valence-corrected chi connectivity index (χ0v) is 21.0. The fourth-order valence-electron chi connectivity index (χ4n) is 3.84. The number of rotatable bonds is 8. The molecule has 0 spiro atoms. The Morgan fingerprint density at radius 2 is 1.81 bits per heavy atom. The van der Waals surface area contributed by atoms with Crippen LogP contribution in [-0.4, -0.2) is 35.1 Å². The molecule has 5 rings (SSSR count). The minimum Gasteiger partial charge on any atom is -0.495 e. The van der Waals surface area contributed by atoms with E-state index in [9.17, 15) is 8.42 Å². The number of nitrogens with zero attached hydrogens (tertiary/aromatic N) is 4. The maximum absolute atomic E-state index is 12.9. The number of ether oxygens (including phenoxy) is 2. The van der Waals surface area contributed by atoms with Gasteiger partial charge >= 0.3 is 0 Å². The number of aromatic nitrogens is 4. The minimum absolute atomic E-state index is 0.0599. The minimum atomic E-state index is -3.94. The molecule has 0 fully saturated rings. The molecule has 184 valence electrons. The average molecular weight is 524 g/mol. The standard InChI is InChI=1S/C25H22ClN5O4S/c1-3-6-23-28-29-24-25(27-19-7-4-5-8-20(19)31(23)24)35-18-12-10-17(11-13-18)30-36(32,33)22-15-16(26)9-14-21(22)34-2/h4-5,7-15,30H,3,6H2,1-2H3. The van der Waals surface area contributed by atoms with Crippen molar-refractivity contribution in [1.29, 1.82) is 0 Å². The third-order valence-corrected chi connectivity index (χ3v) is 7.11. The van der Waals surface area contributed by atoms with Crippen LogP contribution in [0.2, 0.25) is 5.02 Å². The van der Waals surface area contributed by atoms with Gasteiger partial charge < -0.3 is 9.47 Å². The Hall–Kier alpha value is -3.89. The Morgan fingerprint density at radius 3 is 2.56 bits per heavy atom. The zero-order chi connectivity index (χ0) is 25.3. The highest BCUT2D eigenvalue weighted by molar-refractivity contribution is 7.92. The number of aryl methyl sites for hydroxylation is 1. The summed E-state index contributed by atoms with van der Waals surface area (Å²) in [6.45, 7) is 2.08. The number of benzene rings is 3. The predicted molar refractivity (Wildman–Crippen MR) is 138 cm³/mol. The van der Waals surface area contributed by atoms with Gasteiger partial charge in [-0.1, -0.05) is 30.7 Å². The molecule has 0 saturated carbocycles. The van der Waals surface area contributed by atoms with Gasteiger partial charge in [0.2, 0.25) is 5.65 Å². The van der Waals surface area contributed by atoms with E-state index in [1.54, 1.807) is 30.3 Å². The molecule has 0 atom stereocenters. The van der Waals surface area contributed by atoms with Crippen molar-refractivity contribution in [2.45, 2.75) is 24.7 Å². The molecule has 0 amide bonds. The van der Waals surface area contributed by atoms with Gasteiger partial charge in [-0.25, -0.2) is 13.4 Å². The second-order valence-corrected chi connectivity index (χ2v) is 10.0. The molecular formula is C25H22ClN5O4S. The van der Waals surface area contributed by atoms with Crippen LogP contribution in [0.15, 0.2) is 71.6 Å². The van der Waals surface area contributed by atoms with Gasteiger partial charge in [-0.2, -0.15) is 0 Å². The molecule has 0 aliphatic heterocycles. The molecule has 0 aliphatic rings. The SMILES string of the molecule is CCCc1nnc2c(Oc3ccc(NS(=O)(=O)c4cc(Cl)ccc4OC)cc3)nc3ccccc3n12. The maximum Gasteiger partial charge on any atom is 0.266 e. The second-order valence-electron chi connectivity index (χ2n) is 7.96. The van der Waals surface area contributed by atoms with Gasteiger partial charge in [-0.3, -0.25) is 9.12 Å². The summed E-state index contributed by atoms with van der Waals surface area (Å²) in [4.78, 5) is 4.58. The first kappa shape index (κ1) is 23.8. The molecule has 0 radical (unpaired) electrons. The topological polar surface area (TPSA) is 108 Å². The molecule has 0 saturated heterocycles. The molecule has 0 unspecified atom stereocenters. The third-order valence-electron chi connectivity index (χ3n) is 5.48. The van der Waals surface area contributed by atoms with Gasteiger partial charge in [0.05, 0.1) is 18.1 Å². The monoisotopic (exact) mass is 523 g/mol. The number of methoxy groups -OCH3 is 1. The molecular weight excluding hydrogens is 502 g/mol. The van der Waals surface area contributed by atoms with Gasteiger partial charge in [0.15, 0.2) is 0 Å². The van der Waals surface area contributed by atoms with E-state index in [1.165, 1.54) is 19.2 Å². The van der Waals surface area contributed by atoms with Crippen molar-refractivity contribution in [3.05, 3.63) is 77.6 Å². The number of para-hydroxylation sites is 2. The number of sulfonamides is 1. The van der Waals surface area contributed by atoms with Crippen LogP contribution in [0.25, 0.3) is 16.7 Å². The molecule has 11 heteroatoms. The molecule has 2 heterocycles. The van der Waals surface area contributed by atoms with Crippen molar-refractivity contribution in [2.24, 2.45) is 0 Å². The summed E-state index contributed by atoms with van der Waals surface area (Å²) >= 11 is 6.00. The van der Waals surface area contributed by atoms with Crippen LogP contribution in [0.3, 0.4) is 0 Å². The van der Waals surface area contributed by atoms with E-state index in [-0.39, 0.29) is 15.7 Å². The lowest BCUT2D eigenvalue weighted by Crippen LogP contribution is -2.14. The molecule has 1 N–H and O–H groups in total. The van der Waals surface area contributed by atoms with Gasteiger partial charge in [-0.05, 0) is 61.0 Å². The average Bonchev–Trinajstić information content (AvgIpc) is 3.30. The smallest absolute Gasteiger partial charge is 0.266 e. The molecule has 5 aromatic rings. The van der Waals surface area contributed by atoms with E-state index in [4.69, 9.17) is 21.1 Å². The molecule has 9 nitrogen and oxygen atoms in total. The number of hydrogen-bond acceptors (Lipinski definition) is 7. The highest BCUT2D eigenvalue weighted by atomic mass is 35.5. The highest BCUT2D eigenvalue weighted by Gasteiger charge is 2.21. The van der Waals surface area contributed by atoms with Crippen molar-refractivity contribution >= 4 is 44.0 Å². The van der Waals surface area contributed by atoms with Crippen LogP contribution < -0.4 is 14.2 Å². The summed E-state index contributed by atoms with van der Waals surface area (Å²) in [5, 5.41) is 8.94. The van der Waals surface area contributed by atoms with Crippen LogP contribution in [0.5, 0.6) is 17.4 Å². The summed E-state index contributed by atoms with van der Waals surface area (Å²) in [5.41, 5.74) is 2.50. The lowest BCUT2D eigenvalue weighted by atomic mass is 10.2. The Balaban J connectivity index is 1.44. The Morgan fingerprint density at radius 1 is 1.03 bits per heavy atom. The Labute approximate surface area is 212 Å². The van der Waals surface area contributed by atoms with E-state index in [0.717, 1.165) is 29.7 Å². The molecule has 3 aromatic carbocycles. The first-order valence-electron chi connectivity index (χ1n) is 11.2. The quantitative estimate of drug-likeness (QED) is 0.286. The first-order chi connectivity index (χ1) is 17.4. The summed E-state index contributed by atoms with van der Waals surface area (Å²) < 4.78 is 41.6. The van der Waals surface area contributed by atoms with Crippen LogP contribution in [0, 0.1) is 0 Å². The summed E-state index contributed by atoms with van der Waals surface area (Å²) in [6, 6.07) is 18.6.